The standard InChI is InChI=1S/C15H21N3O2/c1-10-9-11(5-6-12(10)16-4)13(19)18-8-7-17-14(20)15(18,2)3/h5-6,9,16H,7-8H2,1-4H3,(H,17,20). The van der Waals surface area contributed by atoms with Gasteiger partial charge in [-0.2, -0.15) is 0 Å². The maximum atomic E-state index is 12.6. The summed E-state index contributed by atoms with van der Waals surface area (Å²) in [6.07, 6.45) is 0. The molecule has 0 bridgehead atoms. The molecule has 2 N–H and O–H groups in total. The van der Waals surface area contributed by atoms with Crippen LogP contribution in [0.2, 0.25) is 0 Å². The molecule has 0 atom stereocenters. The van der Waals surface area contributed by atoms with Gasteiger partial charge >= 0.3 is 0 Å². The number of benzene rings is 1. The number of nitrogens with one attached hydrogen (secondary N) is 2. The van der Waals surface area contributed by atoms with Crippen LogP contribution in [0.1, 0.15) is 29.8 Å². The predicted molar refractivity (Wildman–Crippen MR) is 78.9 cm³/mol. The van der Waals surface area contributed by atoms with Gasteiger partial charge in [0.1, 0.15) is 5.54 Å². The summed E-state index contributed by atoms with van der Waals surface area (Å²) in [5.74, 6) is -0.212. The molecule has 1 aliphatic heterocycles. The van der Waals surface area contributed by atoms with Crippen molar-refractivity contribution in [2.24, 2.45) is 0 Å². The number of carbonyl (C=O) groups excluding carboxylic acids is 2. The fourth-order valence-electron chi connectivity index (χ4n) is 2.49. The number of anilines is 1. The molecule has 0 aromatic heterocycles. The number of hydrogen-bond acceptors (Lipinski definition) is 3. The van der Waals surface area contributed by atoms with Crippen LogP contribution < -0.4 is 10.6 Å². The minimum Gasteiger partial charge on any atom is -0.388 e. The summed E-state index contributed by atoms with van der Waals surface area (Å²) in [5, 5.41) is 5.87. The molecule has 2 amide bonds. The van der Waals surface area contributed by atoms with Gasteiger partial charge in [0.05, 0.1) is 0 Å². The largest absolute Gasteiger partial charge is 0.388 e. The third-order valence-corrected chi connectivity index (χ3v) is 3.84. The summed E-state index contributed by atoms with van der Waals surface area (Å²) < 4.78 is 0. The number of hydrogen-bond donors (Lipinski definition) is 2. The van der Waals surface area contributed by atoms with Crippen LogP contribution >= 0.6 is 0 Å². The molecule has 108 valence electrons. The Morgan fingerprint density at radius 1 is 1.40 bits per heavy atom. The van der Waals surface area contributed by atoms with Crippen molar-refractivity contribution in [1.82, 2.24) is 10.2 Å². The lowest BCUT2D eigenvalue weighted by molar-refractivity contribution is -0.133. The van der Waals surface area contributed by atoms with E-state index in [2.05, 4.69) is 10.6 Å². The molecular weight excluding hydrogens is 254 g/mol. The Morgan fingerprint density at radius 3 is 2.70 bits per heavy atom. The summed E-state index contributed by atoms with van der Waals surface area (Å²) in [7, 11) is 1.85. The summed E-state index contributed by atoms with van der Waals surface area (Å²) in [4.78, 5) is 26.2. The molecule has 20 heavy (non-hydrogen) atoms. The van der Waals surface area contributed by atoms with E-state index in [1.807, 2.05) is 26.1 Å². The first-order chi connectivity index (χ1) is 9.37. The Kier molecular flexibility index (Phi) is 3.70. The van der Waals surface area contributed by atoms with E-state index < -0.39 is 5.54 Å². The van der Waals surface area contributed by atoms with E-state index in [4.69, 9.17) is 0 Å². The van der Waals surface area contributed by atoms with Gasteiger partial charge in [-0.1, -0.05) is 0 Å². The zero-order valence-electron chi connectivity index (χ0n) is 12.4. The van der Waals surface area contributed by atoms with Crippen LogP contribution in [0.5, 0.6) is 0 Å². The van der Waals surface area contributed by atoms with Crippen molar-refractivity contribution in [1.29, 1.82) is 0 Å². The van der Waals surface area contributed by atoms with Gasteiger partial charge in [-0.15, -0.1) is 0 Å². The van der Waals surface area contributed by atoms with Crippen molar-refractivity contribution < 1.29 is 9.59 Å². The fourth-order valence-corrected chi connectivity index (χ4v) is 2.49. The van der Waals surface area contributed by atoms with Crippen molar-refractivity contribution >= 4 is 17.5 Å². The smallest absolute Gasteiger partial charge is 0.254 e. The lowest BCUT2D eigenvalue weighted by atomic mass is 9.97. The third-order valence-electron chi connectivity index (χ3n) is 3.84. The SMILES string of the molecule is CNc1ccc(C(=O)N2CCNC(=O)C2(C)C)cc1C. The van der Waals surface area contributed by atoms with Gasteiger partial charge in [-0.3, -0.25) is 9.59 Å². The Labute approximate surface area is 119 Å². The minimum atomic E-state index is -0.815. The molecule has 1 fully saturated rings. The highest BCUT2D eigenvalue weighted by Gasteiger charge is 2.40. The maximum Gasteiger partial charge on any atom is 0.254 e. The minimum absolute atomic E-state index is 0.101. The summed E-state index contributed by atoms with van der Waals surface area (Å²) in [6, 6.07) is 5.54. The second-order valence-corrected chi connectivity index (χ2v) is 5.55. The highest BCUT2D eigenvalue weighted by atomic mass is 16.2. The monoisotopic (exact) mass is 275 g/mol. The van der Waals surface area contributed by atoms with Gasteiger partial charge in [0.15, 0.2) is 0 Å². The molecule has 5 nitrogen and oxygen atoms in total. The zero-order valence-corrected chi connectivity index (χ0v) is 12.4. The third kappa shape index (κ3) is 2.35. The van der Waals surface area contributed by atoms with Crippen LogP contribution in [0.15, 0.2) is 18.2 Å². The Bertz CT molecular complexity index is 552. The molecule has 1 aromatic rings. The summed E-state index contributed by atoms with van der Waals surface area (Å²) in [5.41, 5.74) is 1.81. The fraction of sp³-hybridized carbons (Fsp3) is 0.467. The predicted octanol–water partition coefficient (Wildman–Crippen LogP) is 1.39. The van der Waals surface area contributed by atoms with Gasteiger partial charge in [-0.25, -0.2) is 0 Å². The number of piperazine rings is 1. The average Bonchev–Trinajstić information content (AvgIpc) is 2.41. The van der Waals surface area contributed by atoms with E-state index in [9.17, 15) is 9.59 Å². The molecule has 0 saturated carbocycles. The van der Waals surface area contributed by atoms with Crippen LogP contribution in [-0.4, -0.2) is 42.4 Å². The number of nitrogens with zero attached hydrogens (tertiary/aromatic N) is 1. The van der Waals surface area contributed by atoms with Gasteiger partial charge in [-0.05, 0) is 44.5 Å². The van der Waals surface area contributed by atoms with E-state index in [1.54, 1.807) is 24.8 Å². The highest BCUT2D eigenvalue weighted by Crippen LogP contribution is 2.23. The van der Waals surface area contributed by atoms with Crippen LogP contribution in [0.25, 0.3) is 0 Å². The number of aryl methyl sites for hydroxylation is 1. The van der Waals surface area contributed by atoms with E-state index in [0.29, 0.717) is 18.7 Å². The normalized spacial score (nSPS) is 17.6. The molecule has 5 heteroatoms. The number of amides is 2. The number of rotatable bonds is 2. The first kappa shape index (κ1) is 14.4. The van der Waals surface area contributed by atoms with Crippen molar-refractivity contribution in [3.8, 4) is 0 Å². The highest BCUT2D eigenvalue weighted by molar-refractivity contribution is 6.00. The Hall–Kier alpha value is -2.04. The van der Waals surface area contributed by atoms with Gasteiger partial charge in [0, 0.05) is 31.4 Å². The van der Waals surface area contributed by atoms with Crippen LogP contribution in [0.3, 0.4) is 0 Å². The second kappa shape index (κ2) is 5.15. The summed E-state index contributed by atoms with van der Waals surface area (Å²) in [6.45, 7) is 6.53. The molecule has 1 heterocycles. The van der Waals surface area contributed by atoms with Crippen molar-refractivity contribution in [2.75, 3.05) is 25.5 Å². The van der Waals surface area contributed by atoms with Crippen molar-refractivity contribution in [3.05, 3.63) is 29.3 Å². The van der Waals surface area contributed by atoms with Crippen LogP contribution in [-0.2, 0) is 4.79 Å². The van der Waals surface area contributed by atoms with E-state index in [1.165, 1.54) is 0 Å². The maximum absolute atomic E-state index is 12.6. The molecule has 0 spiro atoms. The first-order valence-electron chi connectivity index (χ1n) is 6.76. The van der Waals surface area contributed by atoms with Crippen LogP contribution in [0.4, 0.5) is 5.69 Å². The van der Waals surface area contributed by atoms with Crippen molar-refractivity contribution in [3.63, 3.8) is 0 Å². The van der Waals surface area contributed by atoms with E-state index in [0.717, 1.165) is 11.3 Å². The van der Waals surface area contributed by atoms with Gasteiger partial charge < -0.3 is 15.5 Å². The molecule has 0 radical (unpaired) electrons. The first-order valence-corrected chi connectivity index (χ1v) is 6.76. The molecule has 1 saturated heterocycles. The molecule has 1 aromatic carbocycles. The molecule has 0 aliphatic carbocycles. The molecule has 2 rings (SSSR count). The van der Waals surface area contributed by atoms with Gasteiger partial charge in [0.25, 0.3) is 5.91 Å². The average molecular weight is 275 g/mol. The van der Waals surface area contributed by atoms with Crippen molar-refractivity contribution in [2.45, 2.75) is 26.3 Å². The van der Waals surface area contributed by atoms with E-state index >= 15 is 0 Å². The summed E-state index contributed by atoms with van der Waals surface area (Å²) >= 11 is 0. The van der Waals surface area contributed by atoms with Crippen LogP contribution in [0, 0.1) is 6.92 Å². The van der Waals surface area contributed by atoms with Gasteiger partial charge in [0.2, 0.25) is 5.91 Å². The quantitative estimate of drug-likeness (QED) is 0.857. The number of carbonyl (C=O) groups is 2. The topological polar surface area (TPSA) is 61.4 Å². The molecule has 0 unspecified atom stereocenters. The van der Waals surface area contributed by atoms with E-state index in [-0.39, 0.29) is 11.8 Å². The lowest BCUT2D eigenvalue weighted by Crippen LogP contribution is -2.63. The zero-order chi connectivity index (χ0) is 14.9. The molecule has 1 aliphatic rings. The second-order valence-electron chi connectivity index (χ2n) is 5.55. The Balaban J connectivity index is 2.31. The molecular formula is C15H21N3O2. The lowest BCUT2D eigenvalue weighted by Gasteiger charge is -2.41. The Morgan fingerprint density at radius 2 is 2.10 bits per heavy atom.